The third-order valence-corrected chi connectivity index (χ3v) is 3.84. The smallest absolute Gasteiger partial charge is 0.307 e. The van der Waals surface area contributed by atoms with E-state index in [2.05, 4.69) is 5.32 Å². The van der Waals surface area contributed by atoms with E-state index in [1.165, 1.54) is 6.42 Å². The largest absolute Gasteiger partial charge is 0.481 e. The van der Waals surface area contributed by atoms with Crippen molar-refractivity contribution in [2.45, 2.75) is 38.3 Å². The minimum atomic E-state index is -0.803. The van der Waals surface area contributed by atoms with Gasteiger partial charge in [-0.3, -0.25) is 4.79 Å². The van der Waals surface area contributed by atoms with Gasteiger partial charge in [-0.15, -0.1) is 0 Å². The lowest BCUT2D eigenvalue weighted by Gasteiger charge is -2.19. The predicted molar refractivity (Wildman–Crippen MR) is 72.8 cm³/mol. The number of carboxylic acids is 1. The highest BCUT2D eigenvalue weighted by atomic mass is 16.4. The summed E-state index contributed by atoms with van der Waals surface area (Å²) in [5.41, 5.74) is 1.98. The van der Waals surface area contributed by atoms with E-state index in [0.717, 1.165) is 30.5 Å². The van der Waals surface area contributed by atoms with Crippen molar-refractivity contribution in [3.63, 3.8) is 0 Å². The molecular weight excluding hydrogens is 242 g/mol. The number of hydrogen-bond acceptors (Lipinski definition) is 3. The first-order valence-corrected chi connectivity index (χ1v) is 6.83. The van der Waals surface area contributed by atoms with Crippen LogP contribution in [0.15, 0.2) is 24.3 Å². The van der Waals surface area contributed by atoms with E-state index in [1.807, 2.05) is 24.3 Å². The van der Waals surface area contributed by atoms with Crippen molar-refractivity contribution < 1.29 is 15.0 Å². The number of carbonyl (C=O) groups is 1. The first-order valence-electron chi connectivity index (χ1n) is 6.83. The van der Waals surface area contributed by atoms with E-state index in [1.54, 1.807) is 0 Å². The molecule has 0 radical (unpaired) electrons. The summed E-state index contributed by atoms with van der Waals surface area (Å²) in [6.07, 6.45) is 3.48. The van der Waals surface area contributed by atoms with Gasteiger partial charge in [0.05, 0.1) is 6.42 Å². The average Bonchev–Trinajstić information content (AvgIpc) is 2.84. The molecule has 0 spiro atoms. The van der Waals surface area contributed by atoms with Gasteiger partial charge in [0.15, 0.2) is 0 Å². The molecule has 0 amide bonds. The molecule has 0 aliphatic heterocycles. The summed E-state index contributed by atoms with van der Waals surface area (Å²) in [7, 11) is 0. The molecule has 2 rings (SSSR count). The Bertz CT molecular complexity index is 416. The summed E-state index contributed by atoms with van der Waals surface area (Å²) < 4.78 is 0. The maximum Gasteiger partial charge on any atom is 0.307 e. The van der Waals surface area contributed by atoms with E-state index in [9.17, 15) is 9.90 Å². The second-order valence-corrected chi connectivity index (χ2v) is 5.25. The Kier molecular flexibility index (Phi) is 4.93. The van der Waals surface area contributed by atoms with Gasteiger partial charge < -0.3 is 15.5 Å². The number of hydrogen-bond donors (Lipinski definition) is 3. The summed E-state index contributed by atoms with van der Waals surface area (Å²) in [5.74, 6) is -0.422. The maximum atomic E-state index is 10.6. The molecule has 104 valence electrons. The first-order chi connectivity index (χ1) is 9.19. The second kappa shape index (κ2) is 6.68. The minimum Gasteiger partial charge on any atom is -0.481 e. The number of carboxylic acid groups (broad SMARTS) is 1. The molecule has 4 nitrogen and oxygen atoms in total. The molecule has 0 bridgehead atoms. The lowest BCUT2D eigenvalue weighted by atomic mass is 10.0. The normalized spacial score (nSPS) is 22.6. The average molecular weight is 263 g/mol. The van der Waals surface area contributed by atoms with Crippen molar-refractivity contribution in [2.24, 2.45) is 5.92 Å². The molecule has 0 aromatic heterocycles. The lowest BCUT2D eigenvalue weighted by molar-refractivity contribution is -0.136. The molecule has 2 unspecified atom stereocenters. The first kappa shape index (κ1) is 14.0. The molecule has 4 heteroatoms. The fraction of sp³-hybridized carbons (Fsp3) is 0.533. The van der Waals surface area contributed by atoms with Crippen LogP contribution in [0, 0.1) is 5.92 Å². The summed E-state index contributed by atoms with van der Waals surface area (Å²) in [6, 6.07) is 8.07. The van der Waals surface area contributed by atoms with Gasteiger partial charge in [0.1, 0.15) is 0 Å². The lowest BCUT2D eigenvalue weighted by Crippen LogP contribution is -2.33. The van der Waals surface area contributed by atoms with Crippen LogP contribution in [0.1, 0.15) is 30.4 Å². The Labute approximate surface area is 113 Å². The molecular formula is C15H21NO3. The van der Waals surface area contributed by atoms with Crippen LogP contribution in [0.4, 0.5) is 0 Å². The molecule has 19 heavy (non-hydrogen) atoms. The molecule has 1 aliphatic rings. The van der Waals surface area contributed by atoms with Gasteiger partial charge in [-0.2, -0.15) is 0 Å². The Morgan fingerprint density at radius 1 is 1.21 bits per heavy atom. The van der Waals surface area contributed by atoms with Gasteiger partial charge in [0.2, 0.25) is 0 Å². The highest BCUT2D eigenvalue weighted by Gasteiger charge is 2.25. The van der Waals surface area contributed by atoms with Crippen molar-refractivity contribution in [3.05, 3.63) is 35.4 Å². The number of aliphatic carboxylic acids is 1. The van der Waals surface area contributed by atoms with Gasteiger partial charge in [-0.25, -0.2) is 0 Å². The third-order valence-electron chi connectivity index (χ3n) is 3.84. The molecule has 0 saturated heterocycles. The zero-order valence-electron chi connectivity index (χ0n) is 11.0. The van der Waals surface area contributed by atoms with Gasteiger partial charge in [-0.1, -0.05) is 30.7 Å². The Morgan fingerprint density at radius 2 is 1.89 bits per heavy atom. The number of rotatable bonds is 6. The van der Waals surface area contributed by atoms with E-state index >= 15 is 0 Å². The Morgan fingerprint density at radius 3 is 2.53 bits per heavy atom. The number of aliphatic hydroxyl groups is 1. The molecule has 1 aromatic carbocycles. The number of nitrogens with one attached hydrogen (secondary N) is 1. The highest BCUT2D eigenvalue weighted by Crippen LogP contribution is 2.25. The van der Waals surface area contributed by atoms with E-state index in [4.69, 9.17) is 5.11 Å². The van der Waals surface area contributed by atoms with Gasteiger partial charge in [0, 0.05) is 19.2 Å². The topological polar surface area (TPSA) is 69.6 Å². The standard InChI is InChI=1S/C15H21NO3/c17-10-13-2-1-3-14(13)16-9-12-6-4-11(5-7-12)8-15(18)19/h4-7,13-14,16-17H,1-3,8-10H2,(H,18,19). The highest BCUT2D eigenvalue weighted by molar-refractivity contribution is 5.70. The van der Waals surface area contributed by atoms with Crippen molar-refractivity contribution in [2.75, 3.05) is 6.61 Å². The van der Waals surface area contributed by atoms with Crippen LogP contribution in [-0.2, 0) is 17.8 Å². The second-order valence-electron chi connectivity index (χ2n) is 5.25. The molecule has 1 aliphatic carbocycles. The number of aliphatic hydroxyl groups excluding tert-OH is 1. The SMILES string of the molecule is O=C(O)Cc1ccc(CNC2CCCC2CO)cc1. The van der Waals surface area contributed by atoms with Crippen LogP contribution in [0.2, 0.25) is 0 Å². The van der Waals surface area contributed by atoms with Crippen LogP contribution in [0.25, 0.3) is 0 Å². The van der Waals surface area contributed by atoms with E-state index in [0.29, 0.717) is 12.0 Å². The van der Waals surface area contributed by atoms with Crippen LogP contribution in [0.3, 0.4) is 0 Å². The van der Waals surface area contributed by atoms with Crippen LogP contribution >= 0.6 is 0 Å². The monoisotopic (exact) mass is 263 g/mol. The molecule has 1 aromatic rings. The quantitative estimate of drug-likeness (QED) is 0.728. The Balaban J connectivity index is 1.84. The van der Waals surface area contributed by atoms with Gasteiger partial charge >= 0.3 is 5.97 Å². The zero-order chi connectivity index (χ0) is 13.7. The Hall–Kier alpha value is -1.39. The molecule has 2 atom stereocenters. The summed E-state index contributed by atoms with van der Waals surface area (Å²) in [4.78, 5) is 10.6. The number of benzene rings is 1. The van der Waals surface area contributed by atoms with Crippen molar-refractivity contribution in [1.82, 2.24) is 5.32 Å². The molecule has 1 fully saturated rings. The summed E-state index contributed by atoms with van der Waals surface area (Å²) in [5, 5.41) is 21.4. The van der Waals surface area contributed by atoms with Crippen LogP contribution in [0.5, 0.6) is 0 Å². The molecule has 1 saturated carbocycles. The minimum absolute atomic E-state index is 0.0723. The van der Waals surface area contributed by atoms with Crippen molar-refractivity contribution in [3.8, 4) is 0 Å². The maximum absolute atomic E-state index is 10.6. The van der Waals surface area contributed by atoms with Crippen LogP contribution in [-0.4, -0.2) is 28.8 Å². The zero-order valence-corrected chi connectivity index (χ0v) is 11.0. The van der Waals surface area contributed by atoms with Crippen molar-refractivity contribution >= 4 is 5.97 Å². The predicted octanol–water partition coefficient (Wildman–Crippen LogP) is 1.56. The van der Waals surface area contributed by atoms with E-state index in [-0.39, 0.29) is 13.0 Å². The van der Waals surface area contributed by atoms with Gasteiger partial charge in [-0.05, 0) is 29.9 Å². The van der Waals surface area contributed by atoms with Gasteiger partial charge in [0.25, 0.3) is 0 Å². The summed E-state index contributed by atoms with van der Waals surface area (Å²) in [6.45, 7) is 1.03. The fourth-order valence-electron chi connectivity index (χ4n) is 2.72. The van der Waals surface area contributed by atoms with Crippen molar-refractivity contribution in [1.29, 1.82) is 0 Å². The summed E-state index contributed by atoms with van der Waals surface area (Å²) >= 11 is 0. The van der Waals surface area contributed by atoms with E-state index < -0.39 is 5.97 Å². The third kappa shape index (κ3) is 4.04. The molecule has 3 N–H and O–H groups in total. The van der Waals surface area contributed by atoms with Crippen LogP contribution < -0.4 is 5.32 Å². The fourth-order valence-corrected chi connectivity index (χ4v) is 2.72. The molecule has 0 heterocycles.